The predicted molar refractivity (Wildman–Crippen MR) is 117 cm³/mol. The Morgan fingerprint density at radius 2 is 1.79 bits per heavy atom. The maximum absolute atomic E-state index is 11.4. The molecule has 0 bridgehead atoms. The van der Waals surface area contributed by atoms with Crippen LogP contribution in [0, 0.1) is 22.0 Å². The van der Waals surface area contributed by atoms with Crippen LogP contribution in [0.15, 0.2) is 65.2 Å². The van der Waals surface area contributed by atoms with Crippen LogP contribution in [0.1, 0.15) is 47.4 Å². The first-order valence-electron chi connectivity index (χ1n) is 10.3. The van der Waals surface area contributed by atoms with Crippen LogP contribution >= 0.6 is 15.9 Å². The fourth-order valence-electron chi connectivity index (χ4n) is 6.14. The smallest absolute Gasteiger partial charge is 0.269 e. The molecule has 4 aliphatic rings. The Morgan fingerprint density at radius 1 is 1.03 bits per heavy atom. The molecular formula is C24H21BrN2O2. The average Bonchev–Trinajstić information content (AvgIpc) is 3.37. The average molecular weight is 449 g/mol. The number of fused-ring (bicyclic) bond motifs is 4. The lowest BCUT2D eigenvalue weighted by Gasteiger charge is -2.51. The number of nitro groups is 1. The summed E-state index contributed by atoms with van der Waals surface area (Å²) in [5.41, 5.74) is 5.44. The molecule has 0 N–H and O–H groups in total. The minimum absolute atomic E-state index is 0.170. The van der Waals surface area contributed by atoms with Crippen molar-refractivity contribution in [3.8, 4) is 0 Å². The number of hydrogen-bond donors (Lipinski definition) is 0. The van der Waals surface area contributed by atoms with Crippen molar-refractivity contribution in [2.24, 2.45) is 11.8 Å². The van der Waals surface area contributed by atoms with Crippen molar-refractivity contribution in [2.75, 3.05) is 11.4 Å². The molecule has 2 aliphatic heterocycles. The second-order valence-corrected chi connectivity index (χ2v) is 9.60. The van der Waals surface area contributed by atoms with Gasteiger partial charge in [0, 0.05) is 40.7 Å². The van der Waals surface area contributed by atoms with Crippen LogP contribution in [0.2, 0.25) is 0 Å². The Bertz CT molecular complexity index is 1080. The van der Waals surface area contributed by atoms with Gasteiger partial charge in [0.25, 0.3) is 5.69 Å². The number of hydrogen-bond acceptors (Lipinski definition) is 3. The van der Waals surface area contributed by atoms with E-state index in [2.05, 4.69) is 63.3 Å². The van der Waals surface area contributed by atoms with E-state index in [4.69, 9.17) is 0 Å². The summed E-state index contributed by atoms with van der Waals surface area (Å²) in [6, 6.07) is 12.1. The number of halogens is 1. The van der Waals surface area contributed by atoms with Crippen LogP contribution < -0.4 is 4.90 Å². The predicted octanol–water partition coefficient (Wildman–Crippen LogP) is 6.25. The number of benzene rings is 2. The molecule has 0 aromatic heterocycles. The molecule has 2 aromatic rings. The van der Waals surface area contributed by atoms with E-state index in [1.54, 1.807) is 12.1 Å². The molecule has 0 radical (unpaired) electrons. The van der Waals surface area contributed by atoms with Crippen molar-refractivity contribution in [3.63, 3.8) is 0 Å². The Morgan fingerprint density at radius 3 is 2.62 bits per heavy atom. The van der Waals surface area contributed by atoms with E-state index >= 15 is 0 Å². The summed E-state index contributed by atoms with van der Waals surface area (Å²) < 4.78 is 1.15. The van der Waals surface area contributed by atoms with Crippen LogP contribution in [0.5, 0.6) is 0 Å². The van der Waals surface area contributed by atoms with Gasteiger partial charge in [0.05, 0.1) is 11.0 Å². The highest BCUT2D eigenvalue weighted by Crippen LogP contribution is 2.59. The number of nitrogens with zero attached hydrogens (tertiary/aromatic N) is 2. The summed E-state index contributed by atoms with van der Waals surface area (Å²) >= 11 is 3.76. The summed E-state index contributed by atoms with van der Waals surface area (Å²) in [5, 5.41) is 11.4. The molecular weight excluding hydrogens is 428 g/mol. The molecule has 4 nitrogen and oxygen atoms in total. The lowest BCUT2D eigenvalue weighted by atomic mass is 9.70. The molecule has 2 heterocycles. The Kier molecular flexibility index (Phi) is 3.79. The van der Waals surface area contributed by atoms with Gasteiger partial charge < -0.3 is 4.90 Å². The highest BCUT2D eigenvalue weighted by Gasteiger charge is 2.47. The van der Waals surface area contributed by atoms with Crippen LogP contribution in [-0.2, 0) is 0 Å². The molecule has 0 saturated carbocycles. The molecule has 29 heavy (non-hydrogen) atoms. The van der Waals surface area contributed by atoms with Gasteiger partial charge in [-0.1, -0.05) is 52.4 Å². The quantitative estimate of drug-likeness (QED) is 0.309. The number of allylic oxidation sites excluding steroid dienone is 4. The minimum Gasteiger partial charge on any atom is -0.363 e. The highest BCUT2D eigenvalue weighted by molar-refractivity contribution is 9.10. The van der Waals surface area contributed by atoms with Crippen molar-refractivity contribution < 1.29 is 4.92 Å². The van der Waals surface area contributed by atoms with Gasteiger partial charge in [-0.15, -0.1) is 0 Å². The van der Waals surface area contributed by atoms with E-state index in [9.17, 15) is 10.1 Å². The van der Waals surface area contributed by atoms with Gasteiger partial charge in [-0.05, 0) is 53.5 Å². The fourth-order valence-corrected chi connectivity index (χ4v) is 6.63. The first-order valence-corrected chi connectivity index (χ1v) is 11.1. The number of non-ortho nitro benzene ring substituents is 1. The third-order valence-corrected chi connectivity index (χ3v) is 7.70. The first-order chi connectivity index (χ1) is 14.1. The van der Waals surface area contributed by atoms with Gasteiger partial charge in [-0.2, -0.15) is 0 Å². The zero-order chi connectivity index (χ0) is 19.7. The van der Waals surface area contributed by atoms with E-state index < -0.39 is 0 Å². The third-order valence-electron chi connectivity index (χ3n) is 7.24. The van der Waals surface area contributed by atoms with E-state index in [1.807, 2.05) is 6.07 Å². The SMILES string of the molecule is O=[N+]([O-])c1cccc([C@@H]2[C@H]3CC=C[C@@H]3c3cc(Br)cc4c3N2C[C@H]2CC=C[C@H]42)c1. The molecule has 146 valence electrons. The number of nitro benzene ring substituents is 1. The standard InChI is InChI=1S/C24H21BrN2O2/c25-16-11-21-18-7-2-5-15(18)13-26-23(14-4-1-6-17(10-14)27(28)29)20-9-3-8-19(20)22(12-16)24(21)26/h1-4,6-8,10-12,15,18-20,23H,5,9,13H2/t15-,18+,19+,20+,23-/m1/s1. The topological polar surface area (TPSA) is 46.4 Å². The van der Waals surface area contributed by atoms with Gasteiger partial charge in [0.2, 0.25) is 0 Å². The summed E-state index contributed by atoms with van der Waals surface area (Å²) in [7, 11) is 0. The zero-order valence-electron chi connectivity index (χ0n) is 15.9. The molecule has 6 rings (SSSR count). The normalized spacial score (nSPS) is 30.8. The fraction of sp³-hybridized carbons (Fsp3) is 0.333. The molecule has 0 fully saturated rings. The molecule has 0 saturated heterocycles. The van der Waals surface area contributed by atoms with Crippen molar-refractivity contribution in [3.05, 3.63) is 92.0 Å². The summed E-state index contributed by atoms with van der Waals surface area (Å²) in [4.78, 5) is 13.7. The van der Waals surface area contributed by atoms with Gasteiger partial charge in [-0.25, -0.2) is 0 Å². The largest absolute Gasteiger partial charge is 0.363 e. The molecule has 5 heteroatoms. The first kappa shape index (κ1) is 17.5. The summed E-state index contributed by atoms with van der Waals surface area (Å²) in [6.45, 7) is 1.01. The van der Waals surface area contributed by atoms with Crippen molar-refractivity contribution >= 4 is 27.3 Å². The third kappa shape index (κ3) is 2.49. The van der Waals surface area contributed by atoms with Gasteiger partial charge in [0.1, 0.15) is 0 Å². The second-order valence-electron chi connectivity index (χ2n) is 8.69. The van der Waals surface area contributed by atoms with Crippen LogP contribution in [0.25, 0.3) is 0 Å². The molecule has 0 amide bonds. The number of anilines is 1. The molecule has 5 atom stereocenters. The maximum atomic E-state index is 11.4. The Labute approximate surface area is 178 Å². The molecule has 2 aromatic carbocycles. The second kappa shape index (κ2) is 6.30. The summed E-state index contributed by atoms with van der Waals surface area (Å²) in [5.74, 6) is 1.84. The van der Waals surface area contributed by atoms with Crippen LogP contribution in [0.4, 0.5) is 11.4 Å². The molecule has 0 unspecified atom stereocenters. The summed E-state index contributed by atoms with van der Waals surface area (Å²) in [6.07, 6.45) is 11.5. The van der Waals surface area contributed by atoms with E-state index in [0.717, 1.165) is 29.4 Å². The van der Waals surface area contributed by atoms with Crippen LogP contribution in [0.3, 0.4) is 0 Å². The highest BCUT2D eigenvalue weighted by atomic mass is 79.9. The monoisotopic (exact) mass is 448 g/mol. The lowest BCUT2D eigenvalue weighted by molar-refractivity contribution is -0.384. The van der Waals surface area contributed by atoms with Crippen molar-refractivity contribution in [1.82, 2.24) is 0 Å². The lowest BCUT2D eigenvalue weighted by Crippen LogP contribution is -2.46. The number of rotatable bonds is 2. The molecule has 2 aliphatic carbocycles. The van der Waals surface area contributed by atoms with Crippen molar-refractivity contribution in [2.45, 2.75) is 30.7 Å². The molecule has 0 spiro atoms. The Hall–Kier alpha value is -2.40. The van der Waals surface area contributed by atoms with E-state index in [1.165, 1.54) is 16.8 Å². The van der Waals surface area contributed by atoms with Gasteiger partial charge >= 0.3 is 0 Å². The van der Waals surface area contributed by atoms with E-state index in [0.29, 0.717) is 23.7 Å². The maximum Gasteiger partial charge on any atom is 0.269 e. The van der Waals surface area contributed by atoms with Gasteiger partial charge in [-0.3, -0.25) is 10.1 Å². The Balaban J connectivity index is 1.57. The van der Waals surface area contributed by atoms with Crippen molar-refractivity contribution in [1.29, 1.82) is 0 Å². The minimum atomic E-state index is -0.277. The van der Waals surface area contributed by atoms with Crippen LogP contribution in [-0.4, -0.2) is 11.5 Å². The van der Waals surface area contributed by atoms with Gasteiger partial charge in [0.15, 0.2) is 0 Å². The van der Waals surface area contributed by atoms with E-state index in [-0.39, 0.29) is 16.7 Å². The zero-order valence-corrected chi connectivity index (χ0v) is 17.5.